The van der Waals surface area contributed by atoms with Gasteiger partial charge in [-0.05, 0) is 18.3 Å². The molecule has 2 unspecified atom stereocenters. The summed E-state index contributed by atoms with van der Waals surface area (Å²) in [7, 11) is 0. The van der Waals surface area contributed by atoms with Crippen molar-refractivity contribution in [3.63, 3.8) is 0 Å². The zero-order chi connectivity index (χ0) is 9.35. The van der Waals surface area contributed by atoms with E-state index in [1.807, 2.05) is 6.92 Å². The third-order valence-electron chi connectivity index (χ3n) is 2.84. The highest BCUT2D eigenvalue weighted by Crippen LogP contribution is 2.30. The van der Waals surface area contributed by atoms with Gasteiger partial charge in [0.1, 0.15) is 6.10 Å². The normalized spacial score (nSPS) is 29.5. The van der Waals surface area contributed by atoms with Crippen LogP contribution in [0.5, 0.6) is 0 Å². The molecule has 1 aliphatic heterocycles. The first-order valence-corrected chi connectivity index (χ1v) is 4.70. The molecule has 1 rings (SSSR count). The molecule has 1 heterocycles. The monoisotopic (exact) mass is 172 g/mol. The second-order valence-corrected chi connectivity index (χ2v) is 4.66. The second kappa shape index (κ2) is 3.35. The summed E-state index contributed by atoms with van der Waals surface area (Å²) in [5.74, 6) is 0.645. The zero-order valence-corrected chi connectivity index (χ0v) is 8.76. The van der Waals surface area contributed by atoms with Gasteiger partial charge in [0.05, 0.1) is 6.61 Å². The van der Waals surface area contributed by atoms with Crippen LogP contribution in [-0.4, -0.2) is 19.0 Å². The molecule has 72 valence electrons. The highest BCUT2D eigenvalue weighted by Gasteiger charge is 2.37. The maximum atomic E-state index is 5.57. The van der Waals surface area contributed by atoms with E-state index < -0.39 is 0 Å². The van der Waals surface area contributed by atoms with Crippen LogP contribution in [0.25, 0.3) is 0 Å². The Morgan fingerprint density at radius 2 is 1.92 bits per heavy atom. The van der Waals surface area contributed by atoms with Crippen LogP contribution in [0, 0.1) is 11.3 Å². The van der Waals surface area contributed by atoms with Crippen LogP contribution < -0.4 is 0 Å². The Morgan fingerprint density at radius 3 is 2.25 bits per heavy atom. The van der Waals surface area contributed by atoms with Crippen LogP contribution in [0.15, 0.2) is 0 Å². The first-order chi connectivity index (χ1) is 5.43. The van der Waals surface area contributed by atoms with Gasteiger partial charge in [0.2, 0.25) is 0 Å². The van der Waals surface area contributed by atoms with Gasteiger partial charge in [-0.25, -0.2) is 0 Å². The smallest absolute Gasteiger partial charge is 0.184 e. The second-order valence-electron chi connectivity index (χ2n) is 4.66. The van der Waals surface area contributed by atoms with E-state index in [4.69, 9.17) is 9.47 Å². The van der Waals surface area contributed by atoms with Gasteiger partial charge in [0.25, 0.3) is 0 Å². The molecule has 2 atom stereocenters. The third kappa shape index (κ3) is 2.46. The average molecular weight is 172 g/mol. The number of rotatable bonds is 4. The maximum absolute atomic E-state index is 5.57. The Bertz CT molecular complexity index is 152. The number of ether oxygens (including phenoxy) is 2. The molecular weight excluding hydrogens is 152 g/mol. The fourth-order valence-electron chi connectivity index (χ4n) is 0.805. The molecule has 2 heteroatoms. The molecule has 0 aliphatic carbocycles. The summed E-state index contributed by atoms with van der Waals surface area (Å²) in [4.78, 5) is 0. The summed E-state index contributed by atoms with van der Waals surface area (Å²) in [5.41, 5.74) is 0.256. The van der Waals surface area contributed by atoms with Crippen molar-refractivity contribution in [3.8, 4) is 0 Å². The first kappa shape index (κ1) is 10.0. The SMILES string of the molecule is CC1OC1OCC(C)(C)C(C)C. The molecule has 0 saturated carbocycles. The minimum Gasteiger partial charge on any atom is -0.349 e. The van der Waals surface area contributed by atoms with Crippen molar-refractivity contribution in [2.45, 2.75) is 47.0 Å². The lowest BCUT2D eigenvalue weighted by Gasteiger charge is -2.28. The van der Waals surface area contributed by atoms with Crippen molar-refractivity contribution in [3.05, 3.63) is 0 Å². The average Bonchev–Trinajstić information content (AvgIpc) is 2.62. The lowest BCUT2D eigenvalue weighted by atomic mass is 9.82. The molecule has 0 radical (unpaired) electrons. The summed E-state index contributed by atoms with van der Waals surface area (Å²) in [6, 6.07) is 0. The van der Waals surface area contributed by atoms with Crippen molar-refractivity contribution in [2.24, 2.45) is 11.3 Å². The molecule has 0 spiro atoms. The van der Waals surface area contributed by atoms with E-state index in [1.54, 1.807) is 0 Å². The summed E-state index contributed by atoms with van der Waals surface area (Å²) in [6.45, 7) is 11.7. The van der Waals surface area contributed by atoms with Gasteiger partial charge in [0.15, 0.2) is 6.29 Å². The highest BCUT2D eigenvalue weighted by atomic mass is 16.8. The molecule has 1 fully saturated rings. The van der Waals surface area contributed by atoms with E-state index in [2.05, 4.69) is 27.7 Å². The van der Waals surface area contributed by atoms with Crippen molar-refractivity contribution < 1.29 is 9.47 Å². The topological polar surface area (TPSA) is 21.8 Å². The Balaban J connectivity index is 2.21. The van der Waals surface area contributed by atoms with Crippen LogP contribution in [0.2, 0.25) is 0 Å². The molecule has 0 N–H and O–H groups in total. The van der Waals surface area contributed by atoms with E-state index in [0.29, 0.717) is 12.0 Å². The van der Waals surface area contributed by atoms with Crippen LogP contribution in [-0.2, 0) is 9.47 Å². The van der Waals surface area contributed by atoms with Crippen LogP contribution in [0.1, 0.15) is 34.6 Å². The van der Waals surface area contributed by atoms with Crippen molar-refractivity contribution in [1.29, 1.82) is 0 Å². The number of epoxide rings is 1. The Labute approximate surface area is 75.2 Å². The predicted molar refractivity (Wildman–Crippen MR) is 48.9 cm³/mol. The predicted octanol–water partition coefficient (Wildman–Crippen LogP) is 2.43. The molecule has 0 aromatic heterocycles. The molecule has 0 aromatic carbocycles. The first-order valence-electron chi connectivity index (χ1n) is 4.70. The molecule has 0 bridgehead atoms. The molecule has 1 saturated heterocycles. The van der Waals surface area contributed by atoms with E-state index in [9.17, 15) is 0 Å². The van der Waals surface area contributed by atoms with Crippen LogP contribution >= 0.6 is 0 Å². The van der Waals surface area contributed by atoms with E-state index in [0.717, 1.165) is 6.61 Å². The van der Waals surface area contributed by atoms with Crippen LogP contribution in [0.3, 0.4) is 0 Å². The Hall–Kier alpha value is -0.0800. The third-order valence-corrected chi connectivity index (χ3v) is 2.84. The van der Waals surface area contributed by atoms with Crippen molar-refractivity contribution in [2.75, 3.05) is 6.61 Å². The summed E-state index contributed by atoms with van der Waals surface area (Å²) < 4.78 is 10.7. The quantitative estimate of drug-likeness (QED) is 0.607. The van der Waals surface area contributed by atoms with Gasteiger partial charge in [-0.3, -0.25) is 0 Å². The summed E-state index contributed by atoms with van der Waals surface area (Å²) in [6.07, 6.45) is 0.385. The van der Waals surface area contributed by atoms with Gasteiger partial charge >= 0.3 is 0 Å². The van der Waals surface area contributed by atoms with Crippen LogP contribution in [0.4, 0.5) is 0 Å². The largest absolute Gasteiger partial charge is 0.349 e. The molecule has 1 aliphatic rings. The standard InChI is InChI=1S/C10H20O2/c1-7(2)10(4,5)6-11-9-8(3)12-9/h7-9H,6H2,1-5H3. The van der Waals surface area contributed by atoms with Crippen molar-refractivity contribution in [1.82, 2.24) is 0 Å². The minimum absolute atomic E-state index is 0.0722. The molecule has 12 heavy (non-hydrogen) atoms. The lowest BCUT2D eigenvalue weighted by molar-refractivity contribution is -0.0129. The van der Waals surface area contributed by atoms with Gasteiger partial charge < -0.3 is 9.47 Å². The van der Waals surface area contributed by atoms with E-state index in [-0.39, 0.29) is 11.7 Å². The van der Waals surface area contributed by atoms with Gasteiger partial charge in [-0.1, -0.05) is 27.7 Å². The van der Waals surface area contributed by atoms with E-state index >= 15 is 0 Å². The Kier molecular flexibility index (Phi) is 2.79. The highest BCUT2D eigenvalue weighted by molar-refractivity contribution is 4.75. The molecular formula is C10H20O2. The lowest BCUT2D eigenvalue weighted by Crippen LogP contribution is -2.26. The summed E-state index contributed by atoms with van der Waals surface area (Å²) in [5, 5.41) is 0. The van der Waals surface area contributed by atoms with Gasteiger partial charge in [0, 0.05) is 0 Å². The zero-order valence-electron chi connectivity index (χ0n) is 8.76. The molecule has 2 nitrogen and oxygen atoms in total. The fraction of sp³-hybridized carbons (Fsp3) is 1.00. The maximum Gasteiger partial charge on any atom is 0.184 e. The fourth-order valence-corrected chi connectivity index (χ4v) is 0.805. The minimum atomic E-state index is 0.0722. The molecule has 0 amide bonds. The molecule has 0 aromatic rings. The Morgan fingerprint density at radius 1 is 1.42 bits per heavy atom. The van der Waals surface area contributed by atoms with Gasteiger partial charge in [-0.15, -0.1) is 0 Å². The van der Waals surface area contributed by atoms with Gasteiger partial charge in [-0.2, -0.15) is 0 Å². The van der Waals surface area contributed by atoms with E-state index in [1.165, 1.54) is 0 Å². The number of hydrogen-bond donors (Lipinski definition) is 0. The summed E-state index contributed by atoms with van der Waals surface area (Å²) >= 11 is 0. The van der Waals surface area contributed by atoms with Crippen molar-refractivity contribution >= 4 is 0 Å². The number of hydrogen-bond acceptors (Lipinski definition) is 2.